The van der Waals surface area contributed by atoms with Crippen molar-refractivity contribution in [3.8, 4) is 5.75 Å². The van der Waals surface area contributed by atoms with Crippen molar-refractivity contribution in [2.24, 2.45) is 0 Å². The average Bonchev–Trinajstić information content (AvgIpc) is 2.41. The van der Waals surface area contributed by atoms with Gasteiger partial charge >= 0.3 is 0 Å². The van der Waals surface area contributed by atoms with Crippen LogP contribution in [0.3, 0.4) is 0 Å². The zero-order valence-corrected chi connectivity index (χ0v) is 12.0. The van der Waals surface area contributed by atoms with Gasteiger partial charge in [-0.2, -0.15) is 0 Å². The first kappa shape index (κ1) is 14.3. The van der Waals surface area contributed by atoms with E-state index in [1.807, 2.05) is 0 Å². The van der Waals surface area contributed by atoms with Crippen molar-refractivity contribution >= 4 is 33.2 Å². The van der Waals surface area contributed by atoms with Gasteiger partial charge < -0.3 is 15.8 Å². The molecule has 0 fully saturated rings. The van der Waals surface area contributed by atoms with Crippen LogP contribution in [0.1, 0.15) is 0 Å². The minimum atomic E-state index is -0.445. The highest BCUT2D eigenvalue weighted by Gasteiger charge is 2.06. The van der Waals surface area contributed by atoms with Gasteiger partial charge in [-0.3, -0.25) is 4.79 Å². The maximum absolute atomic E-state index is 13.3. The second-order valence-corrected chi connectivity index (χ2v) is 4.89. The Balaban J connectivity index is 1.91. The number of rotatable bonds is 4. The highest BCUT2D eigenvalue weighted by molar-refractivity contribution is 9.10. The van der Waals surface area contributed by atoms with Crippen LogP contribution in [0, 0.1) is 5.82 Å². The molecule has 2 aromatic carbocycles. The van der Waals surface area contributed by atoms with E-state index in [-0.39, 0.29) is 12.5 Å². The van der Waals surface area contributed by atoms with Crippen LogP contribution < -0.4 is 15.8 Å². The Bertz CT molecular complexity index is 634. The maximum atomic E-state index is 13.3. The molecule has 0 aliphatic heterocycles. The molecule has 6 heteroatoms. The lowest BCUT2D eigenvalue weighted by Crippen LogP contribution is -2.20. The molecule has 4 nitrogen and oxygen atoms in total. The number of halogens is 2. The molecule has 2 aromatic rings. The van der Waals surface area contributed by atoms with Crippen LogP contribution in [0.25, 0.3) is 0 Å². The summed E-state index contributed by atoms with van der Waals surface area (Å²) in [5.41, 5.74) is 6.51. The van der Waals surface area contributed by atoms with Crippen molar-refractivity contribution in [1.82, 2.24) is 0 Å². The Morgan fingerprint density at radius 3 is 2.80 bits per heavy atom. The largest absolute Gasteiger partial charge is 0.484 e. The minimum absolute atomic E-state index is 0.179. The van der Waals surface area contributed by atoms with Gasteiger partial charge in [-0.05, 0) is 46.3 Å². The van der Waals surface area contributed by atoms with E-state index in [0.29, 0.717) is 21.6 Å². The minimum Gasteiger partial charge on any atom is -0.484 e. The first-order chi connectivity index (χ1) is 9.54. The van der Waals surface area contributed by atoms with Gasteiger partial charge in [0, 0.05) is 17.4 Å². The molecule has 0 saturated heterocycles. The molecule has 0 aromatic heterocycles. The van der Waals surface area contributed by atoms with Crippen LogP contribution in [0.15, 0.2) is 46.9 Å². The van der Waals surface area contributed by atoms with E-state index in [0.717, 1.165) is 0 Å². The van der Waals surface area contributed by atoms with Crippen LogP contribution in [0.5, 0.6) is 5.75 Å². The van der Waals surface area contributed by atoms with Gasteiger partial charge in [-0.15, -0.1) is 0 Å². The summed E-state index contributed by atoms with van der Waals surface area (Å²) in [4.78, 5) is 11.7. The number of benzene rings is 2. The lowest BCUT2D eigenvalue weighted by atomic mass is 10.3. The third kappa shape index (κ3) is 3.96. The molecule has 20 heavy (non-hydrogen) atoms. The van der Waals surface area contributed by atoms with Crippen molar-refractivity contribution in [2.45, 2.75) is 0 Å². The molecule has 0 radical (unpaired) electrons. The average molecular weight is 339 g/mol. The molecule has 0 saturated carbocycles. The van der Waals surface area contributed by atoms with E-state index < -0.39 is 5.82 Å². The highest BCUT2D eigenvalue weighted by atomic mass is 79.9. The second-order valence-electron chi connectivity index (χ2n) is 4.04. The summed E-state index contributed by atoms with van der Waals surface area (Å²) < 4.78 is 18.9. The summed E-state index contributed by atoms with van der Waals surface area (Å²) in [5.74, 6) is -0.323. The Hall–Kier alpha value is -2.08. The third-order valence-corrected chi connectivity index (χ3v) is 3.07. The van der Waals surface area contributed by atoms with Crippen LogP contribution >= 0.6 is 15.9 Å². The quantitative estimate of drug-likeness (QED) is 0.841. The zero-order valence-electron chi connectivity index (χ0n) is 10.4. The second kappa shape index (κ2) is 6.38. The van der Waals surface area contributed by atoms with Gasteiger partial charge in [0.1, 0.15) is 11.6 Å². The van der Waals surface area contributed by atoms with Crippen LogP contribution in [-0.2, 0) is 4.79 Å². The number of nitrogen functional groups attached to an aromatic ring is 1. The standard InChI is InChI=1S/C14H12BrFN2O2/c15-12-5-4-10(7-13(12)16)18-14(19)8-20-11-3-1-2-9(17)6-11/h1-7H,8,17H2,(H,18,19). The van der Waals surface area contributed by atoms with Crippen LogP contribution in [-0.4, -0.2) is 12.5 Å². The number of hydrogen-bond donors (Lipinski definition) is 2. The predicted molar refractivity (Wildman–Crippen MR) is 79.1 cm³/mol. The lowest BCUT2D eigenvalue weighted by molar-refractivity contribution is -0.118. The van der Waals surface area contributed by atoms with Gasteiger partial charge in [0.05, 0.1) is 4.47 Å². The first-order valence-corrected chi connectivity index (χ1v) is 6.57. The summed E-state index contributed by atoms with van der Waals surface area (Å²) in [6, 6.07) is 11.1. The number of ether oxygens (including phenoxy) is 1. The molecular weight excluding hydrogens is 327 g/mol. The number of carbonyl (C=O) groups is 1. The molecular formula is C14H12BrFN2O2. The summed E-state index contributed by atoms with van der Waals surface area (Å²) >= 11 is 3.04. The number of amides is 1. The van der Waals surface area contributed by atoms with E-state index in [4.69, 9.17) is 10.5 Å². The number of hydrogen-bond acceptors (Lipinski definition) is 3. The summed E-state index contributed by atoms with van der Waals surface area (Å²) in [5, 5.41) is 2.54. The van der Waals surface area contributed by atoms with E-state index in [1.54, 1.807) is 30.3 Å². The molecule has 0 atom stereocenters. The molecule has 104 valence electrons. The molecule has 0 aliphatic carbocycles. The summed E-state index contributed by atoms with van der Waals surface area (Å²) in [7, 11) is 0. The van der Waals surface area contributed by atoms with Gasteiger partial charge in [-0.25, -0.2) is 4.39 Å². The molecule has 2 rings (SSSR count). The third-order valence-electron chi connectivity index (χ3n) is 2.43. The number of nitrogens with two attached hydrogens (primary N) is 1. The monoisotopic (exact) mass is 338 g/mol. The van der Waals surface area contributed by atoms with E-state index in [1.165, 1.54) is 12.1 Å². The Kier molecular flexibility index (Phi) is 4.57. The fourth-order valence-corrected chi connectivity index (χ4v) is 1.77. The number of anilines is 2. The lowest BCUT2D eigenvalue weighted by Gasteiger charge is -2.08. The van der Waals surface area contributed by atoms with Gasteiger partial charge in [-0.1, -0.05) is 6.07 Å². The molecule has 0 unspecified atom stereocenters. The smallest absolute Gasteiger partial charge is 0.262 e. The molecule has 0 aliphatic rings. The Morgan fingerprint density at radius 2 is 2.10 bits per heavy atom. The molecule has 1 amide bonds. The van der Waals surface area contributed by atoms with E-state index in [9.17, 15) is 9.18 Å². The fraction of sp³-hybridized carbons (Fsp3) is 0.0714. The Labute approximate surface area is 123 Å². The fourth-order valence-electron chi connectivity index (χ4n) is 1.52. The zero-order chi connectivity index (χ0) is 14.5. The summed E-state index contributed by atoms with van der Waals surface area (Å²) in [6.45, 7) is -0.179. The van der Waals surface area contributed by atoms with Crippen molar-refractivity contribution < 1.29 is 13.9 Å². The van der Waals surface area contributed by atoms with Gasteiger partial charge in [0.15, 0.2) is 6.61 Å². The topological polar surface area (TPSA) is 64.3 Å². The van der Waals surface area contributed by atoms with Crippen molar-refractivity contribution in [2.75, 3.05) is 17.7 Å². The van der Waals surface area contributed by atoms with Crippen molar-refractivity contribution in [3.63, 3.8) is 0 Å². The Morgan fingerprint density at radius 1 is 1.30 bits per heavy atom. The van der Waals surface area contributed by atoms with Crippen molar-refractivity contribution in [3.05, 3.63) is 52.8 Å². The van der Waals surface area contributed by atoms with E-state index >= 15 is 0 Å². The van der Waals surface area contributed by atoms with Gasteiger partial charge in [0.25, 0.3) is 5.91 Å². The SMILES string of the molecule is Nc1cccc(OCC(=O)Nc2ccc(Br)c(F)c2)c1. The predicted octanol–water partition coefficient (Wildman–Crippen LogP) is 3.19. The summed E-state index contributed by atoms with van der Waals surface area (Å²) in [6.07, 6.45) is 0. The molecule has 0 spiro atoms. The maximum Gasteiger partial charge on any atom is 0.262 e. The molecule has 0 bridgehead atoms. The first-order valence-electron chi connectivity index (χ1n) is 5.78. The molecule has 3 N–H and O–H groups in total. The van der Waals surface area contributed by atoms with Gasteiger partial charge in [0.2, 0.25) is 0 Å². The van der Waals surface area contributed by atoms with Crippen LogP contribution in [0.2, 0.25) is 0 Å². The number of nitrogens with one attached hydrogen (secondary N) is 1. The number of carbonyl (C=O) groups excluding carboxylic acids is 1. The molecule has 0 heterocycles. The highest BCUT2D eigenvalue weighted by Crippen LogP contribution is 2.19. The van der Waals surface area contributed by atoms with Crippen molar-refractivity contribution in [1.29, 1.82) is 0 Å². The normalized spacial score (nSPS) is 10.1. The van der Waals surface area contributed by atoms with E-state index in [2.05, 4.69) is 21.2 Å². The van der Waals surface area contributed by atoms with Crippen LogP contribution in [0.4, 0.5) is 15.8 Å².